The molecule has 0 atom stereocenters. The normalized spacial score (nSPS) is 14.7. The highest BCUT2D eigenvalue weighted by molar-refractivity contribution is 7.92. The number of hydrogen-bond acceptors (Lipinski definition) is 6. The van der Waals surface area contributed by atoms with Crippen LogP contribution in [-0.2, 0) is 10.0 Å². The van der Waals surface area contributed by atoms with Crippen molar-refractivity contribution >= 4 is 27.6 Å². The number of aromatic nitrogens is 2. The lowest BCUT2D eigenvalue weighted by atomic mass is 10.4. The molecule has 2 heterocycles. The van der Waals surface area contributed by atoms with Gasteiger partial charge in [0.1, 0.15) is 11.6 Å². The lowest BCUT2D eigenvalue weighted by Crippen LogP contribution is -2.22. The molecule has 0 aliphatic carbocycles. The minimum atomic E-state index is -3.67. The summed E-state index contributed by atoms with van der Waals surface area (Å²) in [6.07, 6.45) is 2.19. The van der Waals surface area contributed by atoms with Gasteiger partial charge in [-0.05, 0) is 25.0 Å². The van der Waals surface area contributed by atoms with Crippen LogP contribution in [0.3, 0.4) is 0 Å². The molecule has 1 fully saturated rings. The standard InChI is InChI=1S/C15H19N5O2S/c1-16-13-11-14(18-15(17-13)20-9-5-6-10-20)19-23(21,22)12-7-3-2-4-8-12/h2-4,7-8,11H,5-6,9-10H2,1H3,(H2,16,17,18,19). The van der Waals surface area contributed by atoms with Crippen LogP contribution in [0.2, 0.25) is 0 Å². The van der Waals surface area contributed by atoms with Crippen LogP contribution in [0.4, 0.5) is 17.6 Å². The molecule has 7 nitrogen and oxygen atoms in total. The van der Waals surface area contributed by atoms with Crippen LogP contribution in [0.5, 0.6) is 0 Å². The van der Waals surface area contributed by atoms with E-state index in [2.05, 4.69) is 24.9 Å². The summed E-state index contributed by atoms with van der Waals surface area (Å²) in [6, 6.07) is 9.81. The Kier molecular flexibility index (Phi) is 4.33. The van der Waals surface area contributed by atoms with Gasteiger partial charge in [-0.2, -0.15) is 9.97 Å². The molecule has 2 aromatic rings. The van der Waals surface area contributed by atoms with E-state index < -0.39 is 10.0 Å². The second-order valence-electron chi connectivity index (χ2n) is 5.30. The minimum absolute atomic E-state index is 0.201. The summed E-state index contributed by atoms with van der Waals surface area (Å²) >= 11 is 0. The molecule has 0 saturated carbocycles. The van der Waals surface area contributed by atoms with E-state index in [1.165, 1.54) is 0 Å². The van der Waals surface area contributed by atoms with Gasteiger partial charge in [0.25, 0.3) is 10.0 Å². The molecule has 1 aliphatic rings. The third-order valence-electron chi connectivity index (χ3n) is 3.65. The van der Waals surface area contributed by atoms with Crippen molar-refractivity contribution in [2.75, 3.05) is 35.1 Å². The zero-order chi connectivity index (χ0) is 16.3. The number of hydrogen-bond donors (Lipinski definition) is 2. The SMILES string of the molecule is CNc1cc(NS(=O)(=O)c2ccccc2)nc(N2CCCC2)n1. The molecule has 0 amide bonds. The fraction of sp³-hybridized carbons (Fsp3) is 0.333. The summed E-state index contributed by atoms with van der Waals surface area (Å²) in [5.41, 5.74) is 0. The maximum Gasteiger partial charge on any atom is 0.263 e. The van der Waals surface area contributed by atoms with Crippen molar-refractivity contribution in [1.82, 2.24) is 9.97 Å². The Bertz CT molecular complexity index is 774. The molecule has 3 rings (SSSR count). The number of nitrogens with zero attached hydrogens (tertiary/aromatic N) is 3. The second kappa shape index (κ2) is 6.41. The van der Waals surface area contributed by atoms with Crippen LogP contribution >= 0.6 is 0 Å². The Morgan fingerprint density at radius 2 is 1.70 bits per heavy atom. The van der Waals surface area contributed by atoms with Gasteiger partial charge in [0.05, 0.1) is 4.90 Å². The summed E-state index contributed by atoms with van der Waals surface area (Å²) in [5, 5.41) is 2.94. The fourth-order valence-corrected chi connectivity index (χ4v) is 3.48. The van der Waals surface area contributed by atoms with Gasteiger partial charge in [0.15, 0.2) is 0 Å². The van der Waals surface area contributed by atoms with Crippen LogP contribution < -0.4 is 14.9 Å². The average Bonchev–Trinajstić information content (AvgIpc) is 3.09. The van der Waals surface area contributed by atoms with Crippen molar-refractivity contribution < 1.29 is 8.42 Å². The monoisotopic (exact) mass is 333 g/mol. The van der Waals surface area contributed by atoms with Crippen LogP contribution in [0.15, 0.2) is 41.3 Å². The Hall–Kier alpha value is -2.35. The zero-order valence-corrected chi connectivity index (χ0v) is 13.7. The minimum Gasteiger partial charge on any atom is -0.373 e. The maximum atomic E-state index is 12.4. The van der Waals surface area contributed by atoms with E-state index in [0.717, 1.165) is 25.9 Å². The second-order valence-corrected chi connectivity index (χ2v) is 6.98. The van der Waals surface area contributed by atoms with E-state index in [0.29, 0.717) is 11.8 Å². The molecular weight excluding hydrogens is 314 g/mol. The first-order valence-corrected chi connectivity index (χ1v) is 8.96. The van der Waals surface area contributed by atoms with Gasteiger partial charge in [0, 0.05) is 26.2 Å². The molecule has 2 N–H and O–H groups in total. The first kappa shape index (κ1) is 15.5. The van der Waals surface area contributed by atoms with E-state index >= 15 is 0 Å². The predicted molar refractivity (Wildman–Crippen MR) is 90.3 cm³/mol. The van der Waals surface area contributed by atoms with Gasteiger partial charge in [-0.25, -0.2) is 8.42 Å². The van der Waals surface area contributed by atoms with Crippen LogP contribution in [-0.4, -0.2) is 38.5 Å². The van der Waals surface area contributed by atoms with Gasteiger partial charge < -0.3 is 10.2 Å². The van der Waals surface area contributed by atoms with Gasteiger partial charge >= 0.3 is 0 Å². The number of sulfonamides is 1. The van der Waals surface area contributed by atoms with E-state index in [-0.39, 0.29) is 10.7 Å². The molecule has 0 spiro atoms. The molecule has 0 radical (unpaired) electrons. The smallest absolute Gasteiger partial charge is 0.263 e. The summed E-state index contributed by atoms with van der Waals surface area (Å²) in [5.74, 6) is 1.38. The zero-order valence-electron chi connectivity index (χ0n) is 12.9. The van der Waals surface area contributed by atoms with Crippen molar-refractivity contribution in [2.24, 2.45) is 0 Å². The summed E-state index contributed by atoms with van der Waals surface area (Å²) in [7, 11) is -1.92. The molecule has 1 aromatic carbocycles. The van der Waals surface area contributed by atoms with Crippen LogP contribution in [0.1, 0.15) is 12.8 Å². The van der Waals surface area contributed by atoms with Crippen molar-refractivity contribution in [3.63, 3.8) is 0 Å². The number of anilines is 3. The van der Waals surface area contributed by atoms with E-state index in [1.54, 1.807) is 43.4 Å². The molecule has 0 bridgehead atoms. The topological polar surface area (TPSA) is 87.2 Å². The Morgan fingerprint density at radius 3 is 2.35 bits per heavy atom. The first-order valence-electron chi connectivity index (χ1n) is 7.48. The highest BCUT2D eigenvalue weighted by Gasteiger charge is 2.19. The quantitative estimate of drug-likeness (QED) is 0.869. The molecule has 23 heavy (non-hydrogen) atoms. The lowest BCUT2D eigenvalue weighted by Gasteiger charge is -2.17. The van der Waals surface area contributed by atoms with Crippen molar-refractivity contribution in [3.05, 3.63) is 36.4 Å². The molecule has 1 aromatic heterocycles. The predicted octanol–water partition coefficient (Wildman–Crippen LogP) is 1.92. The van der Waals surface area contributed by atoms with Gasteiger partial charge in [0.2, 0.25) is 5.95 Å². The van der Waals surface area contributed by atoms with E-state index in [1.807, 2.05) is 0 Å². The summed E-state index contributed by atoms with van der Waals surface area (Å²) < 4.78 is 27.4. The molecule has 1 aliphatic heterocycles. The highest BCUT2D eigenvalue weighted by Crippen LogP contribution is 2.22. The Balaban J connectivity index is 1.91. The molecule has 1 saturated heterocycles. The highest BCUT2D eigenvalue weighted by atomic mass is 32.2. The van der Waals surface area contributed by atoms with Gasteiger partial charge in [-0.3, -0.25) is 4.72 Å². The van der Waals surface area contributed by atoms with Gasteiger partial charge in [-0.1, -0.05) is 18.2 Å². The van der Waals surface area contributed by atoms with E-state index in [4.69, 9.17) is 0 Å². The van der Waals surface area contributed by atoms with Crippen LogP contribution in [0, 0.1) is 0 Å². The Morgan fingerprint density at radius 1 is 1.04 bits per heavy atom. The molecule has 0 unspecified atom stereocenters. The number of benzene rings is 1. The van der Waals surface area contributed by atoms with Crippen molar-refractivity contribution in [2.45, 2.75) is 17.7 Å². The van der Waals surface area contributed by atoms with Crippen molar-refractivity contribution in [1.29, 1.82) is 0 Å². The molecule has 8 heteroatoms. The fourth-order valence-electron chi connectivity index (χ4n) is 2.47. The summed E-state index contributed by atoms with van der Waals surface area (Å²) in [6.45, 7) is 1.77. The lowest BCUT2D eigenvalue weighted by molar-refractivity contribution is 0.601. The first-order chi connectivity index (χ1) is 11.1. The Labute approximate surface area is 135 Å². The summed E-state index contributed by atoms with van der Waals surface area (Å²) in [4.78, 5) is 11.0. The maximum absolute atomic E-state index is 12.4. The van der Waals surface area contributed by atoms with Crippen molar-refractivity contribution in [3.8, 4) is 0 Å². The van der Waals surface area contributed by atoms with Crippen LogP contribution in [0.25, 0.3) is 0 Å². The van der Waals surface area contributed by atoms with E-state index in [9.17, 15) is 8.42 Å². The largest absolute Gasteiger partial charge is 0.373 e. The molecule has 122 valence electrons. The third kappa shape index (κ3) is 3.53. The number of nitrogens with one attached hydrogen (secondary N) is 2. The third-order valence-corrected chi connectivity index (χ3v) is 5.02. The number of rotatable bonds is 5. The average molecular weight is 333 g/mol. The van der Waals surface area contributed by atoms with Gasteiger partial charge in [-0.15, -0.1) is 0 Å². The molecular formula is C15H19N5O2S.